The highest BCUT2D eigenvalue weighted by Crippen LogP contribution is 2.26. The topological polar surface area (TPSA) is 55.4 Å². The molecular weight excluding hydrogens is 358 g/mol. The van der Waals surface area contributed by atoms with E-state index in [1.807, 2.05) is 18.2 Å². The number of piperidine rings is 1. The van der Waals surface area contributed by atoms with E-state index < -0.39 is 16.3 Å². The first-order valence-electron chi connectivity index (χ1n) is 9.89. The molecule has 1 fully saturated rings. The summed E-state index contributed by atoms with van der Waals surface area (Å²) in [5, 5.41) is 3.11. The zero-order chi connectivity index (χ0) is 19.1. The number of hydrogen-bond acceptors (Lipinski definition) is 4. The van der Waals surface area contributed by atoms with E-state index >= 15 is 0 Å². The minimum atomic E-state index is -3.73. The molecular formula is C22H29NO3S. The molecule has 0 aromatic heterocycles. The molecule has 1 aliphatic rings. The quantitative estimate of drug-likeness (QED) is 0.672. The Morgan fingerprint density at radius 1 is 1.07 bits per heavy atom. The summed E-state index contributed by atoms with van der Waals surface area (Å²) in [5.41, 5.74) is 2.48. The molecule has 0 bridgehead atoms. The van der Waals surface area contributed by atoms with Crippen molar-refractivity contribution in [2.24, 2.45) is 0 Å². The summed E-state index contributed by atoms with van der Waals surface area (Å²) in [6, 6.07) is 17.7. The number of benzene rings is 2. The molecule has 0 spiro atoms. The highest BCUT2D eigenvalue weighted by molar-refractivity contribution is 7.86. The Morgan fingerprint density at radius 2 is 1.81 bits per heavy atom. The normalized spacial score (nSPS) is 18.9. The van der Waals surface area contributed by atoms with E-state index in [1.165, 1.54) is 5.56 Å². The van der Waals surface area contributed by atoms with Gasteiger partial charge in [0.25, 0.3) is 10.1 Å². The Hall–Kier alpha value is -1.69. The second-order valence-corrected chi connectivity index (χ2v) is 8.81. The van der Waals surface area contributed by atoms with Gasteiger partial charge in [0.15, 0.2) is 0 Å². The molecule has 3 rings (SSSR count). The van der Waals surface area contributed by atoms with Crippen LogP contribution < -0.4 is 5.32 Å². The number of hydrogen-bond donors (Lipinski definition) is 1. The molecule has 0 saturated carbocycles. The van der Waals surface area contributed by atoms with Gasteiger partial charge in [0.2, 0.25) is 0 Å². The van der Waals surface area contributed by atoms with Crippen LogP contribution in [0.2, 0.25) is 0 Å². The van der Waals surface area contributed by atoms with Gasteiger partial charge < -0.3 is 0 Å². The van der Waals surface area contributed by atoms with Crippen molar-refractivity contribution in [1.82, 2.24) is 5.32 Å². The zero-order valence-corrected chi connectivity index (χ0v) is 16.8. The monoisotopic (exact) mass is 387 g/mol. The van der Waals surface area contributed by atoms with Gasteiger partial charge in [-0.15, -0.1) is 0 Å². The molecule has 2 atom stereocenters. The fourth-order valence-electron chi connectivity index (χ4n) is 3.65. The van der Waals surface area contributed by atoms with Crippen LogP contribution in [0.1, 0.15) is 56.1 Å². The van der Waals surface area contributed by atoms with Gasteiger partial charge in [-0.2, -0.15) is 8.42 Å². The molecule has 2 unspecified atom stereocenters. The molecule has 2 aromatic carbocycles. The highest BCUT2D eigenvalue weighted by Gasteiger charge is 2.23. The van der Waals surface area contributed by atoms with Gasteiger partial charge in [0, 0.05) is 0 Å². The van der Waals surface area contributed by atoms with E-state index in [0.29, 0.717) is 5.92 Å². The first-order chi connectivity index (χ1) is 13.1. The second-order valence-electron chi connectivity index (χ2n) is 7.23. The minimum Gasteiger partial charge on any atom is -0.291 e. The molecule has 0 amide bonds. The van der Waals surface area contributed by atoms with Gasteiger partial charge >= 0.3 is 0 Å². The molecule has 1 aliphatic heterocycles. The molecule has 1 N–H and O–H groups in total. The van der Waals surface area contributed by atoms with E-state index in [-0.39, 0.29) is 4.90 Å². The lowest BCUT2D eigenvalue weighted by molar-refractivity contribution is 0.140. The predicted molar refractivity (Wildman–Crippen MR) is 108 cm³/mol. The van der Waals surface area contributed by atoms with E-state index in [4.69, 9.17) is 4.18 Å². The SMILES string of the molecule is CCCC(Cc1ccc(S(=O)(=O)OC2CCCCN2)cc1)c1ccccc1. The van der Waals surface area contributed by atoms with Crippen LogP contribution in [-0.2, 0) is 20.7 Å². The van der Waals surface area contributed by atoms with Crippen molar-refractivity contribution in [3.05, 3.63) is 65.7 Å². The van der Waals surface area contributed by atoms with Crippen LogP contribution in [0.4, 0.5) is 0 Å². The van der Waals surface area contributed by atoms with Crippen LogP contribution in [-0.4, -0.2) is 21.2 Å². The number of nitrogens with one attached hydrogen (secondary N) is 1. The van der Waals surface area contributed by atoms with Crippen molar-refractivity contribution in [3.8, 4) is 0 Å². The summed E-state index contributed by atoms with van der Waals surface area (Å²) in [6.07, 6.45) is 5.51. The Labute approximate surface area is 163 Å². The van der Waals surface area contributed by atoms with E-state index in [2.05, 4.69) is 36.5 Å². The predicted octanol–water partition coefficient (Wildman–Crippen LogP) is 4.62. The Kier molecular flexibility index (Phi) is 7.05. The summed E-state index contributed by atoms with van der Waals surface area (Å²) in [6.45, 7) is 3.00. The van der Waals surface area contributed by atoms with Gasteiger partial charge in [-0.25, -0.2) is 4.18 Å². The van der Waals surface area contributed by atoms with E-state index in [9.17, 15) is 8.42 Å². The van der Waals surface area contributed by atoms with Crippen molar-refractivity contribution in [3.63, 3.8) is 0 Å². The van der Waals surface area contributed by atoms with Crippen LogP contribution in [0.3, 0.4) is 0 Å². The van der Waals surface area contributed by atoms with Crippen LogP contribution >= 0.6 is 0 Å². The molecule has 4 nitrogen and oxygen atoms in total. The molecule has 2 aromatic rings. The minimum absolute atomic E-state index is 0.227. The fraction of sp³-hybridized carbons (Fsp3) is 0.455. The van der Waals surface area contributed by atoms with Gasteiger partial charge in [0.1, 0.15) is 6.23 Å². The standard InChI is InChI=1S/C22H29NO3S/c1-2-8-20(19-9-4-3-5-10-19)17-18-12-14-21(15-13-18)27(24,25)26-22-11-6-7-16-23-22/h3-5,9-10,12-15,20,22-23H,2,6-8,11,16-17H2,1H3. The lowest BCUT2D eigenvalue weighted by atomic mass is 9.88. The largest absolute Gasteiger partial charge is 0.298 e. The molecule has 0 radical (unpaired) electrons. The molecule has 5 heteroatoms. The lowest BCUT2D eigenvalue weighted by Gasteiger charge is -2.23. The summed E-state index contributed by atoms with van der Waals surface area (Å²) >= 11 is 0. The molecule has 1 saturated heterocycles. The van der Waals surface area contributed by atoms with E-state index in [0.717, 1.165) is 50.6 Å². The Bertz CT molecular complexity index is 797. The number of rotatable bonds is 8. The van der Waals surface area contributed by atoms with Crippen molar-refractivity contribution >= 4 is 10.1 Å². The third-order valence-electron chi connectivity index (χ3n) is 5.11. The maximum atomic E-state index is 12.5. The summed E-state index contributed by atoms with van der Waals surface area (Å²) in [4.78, 5) is 0.227. The highest BCUT2D eigenvalue weighted by atomic mass is 32.2. The first kappa shape index (κ1) is 20.1. The van der Waals surface area contributed by atoms with Gasteiger partial charge in [-0.3, -0.25) is 5.32 Å². The molecule has 27 heavy (non-hydrogen) atoms. The second kappa shape index (κ2) is 9.49. The smallest absolute Gasteiger partial charge is 0.291 e. The van der Waals surface area contributed by atoms with Crippen molar-refractivity contribution in [1.29, 1.82) is 0 Å². The Balaban J connectivity index is 1.68. The summed E-state index contributed by atoms with van der Waals surface area (Å²) in [7, 11) is -3.73. The average molecular weight is 388 g/mol. The molecule has 1 heterocycles. The summed E-state index contributed by atoms with van der Waals surface area (Å²) in [5.74, 6) is 0.446. The molecule has 146 valence electrons. The van der Waals surface area contributed by atoms with Crippen molar-refractivity contribution in [2.75, 3.05) is 6.54 Å². The third-order valence-corrected chi connectivity index (χ3v) is 6.45. The average Bonchev–Trinajstić information content (AvgIpc) is 2.69. The van der Waals surface area contributed by atoms with Gasteiger partial charge in [-0.05, 0) is 67.8 Å². The van der Waals surface area contributed by atoms with Crippen LogP contribution in [0.5, 0.6) is 0 Å². The Morgan fingerprint density at radius 3 is 2.44 bits per heavy atom. The maximum absolute atomic E-state index is 12.5. The van der Waals surface area contributed by atoms with Gasteiger partial charge in [-0.1, -0.05) is 55.8 Å². The van der Waals surface area contributed by atoms with Crippen LogP contribution in [0.25, 0.3) is 0 Å². The first-order valence-corrected chi connectivity index (χ1v) is 11.3. The maximum Gasteiger partial charge on any atom is 0.298 e. The van der Waals surface area contributed by atoms with Crippen molar-refractivity contribution < 1.29 is 12.6 Å². The zero-order valence-electron chi connectivity index (χ0n) is 15.9. The molecule has 0 aliphatic carbocycles. The van der Waals surface area contributed by atoms with Crippen molar-refractivity contribution in [2.45, 2.75) is 62.5 Å². The fourth-order valence-corrected chi connectivity index (χ4v) is 4.70. The van der Waals surface area contributed by atoms with Crippen LogP contribution in [0.15, 0.2) is 59.5 Å². The summed E-state index contributed by atoms with van der Waals surface area (Å²) < 4.78 is 30.3. The van der Waals surface area contributed by atoms with E-state index in [1.54, 1.807) is 12.1 Å². The third kappa shape index (κ3) is 5.64. The lowest BCUT2D eigenvalue weighted by Crippen LogP contribution is -2.37. The van der Waals surface area contributed by atoms with Gasteiger partial charge in [0.05, 0.1) is 4.90 Å². The van der Waals surface area contributed by atoms with Crippen LogP contribution in [0, 0.1) is 0 Å².